The van der Waals surface area contributed by atoms with Crippen molar-refractivity contribution in [2.75, 3.05) is 11.1 Å². The van der Waals surface area contributed by atoms with Gasteiger partial charge < -0.3 is 11.1 Å². The molecule has 2 heterocycles. The third-order valence-electron chi connectivity index (χ3n) is 2.35. The van der Waals surface area contributed by atoms with Crippen LogP contribution in [0.5, 0.6) is 0 Å². The van der Waals surface area contributed by atoms with Gasteiger partial charge in [-0.25, -0.2) is 9.97 Å². The number of thiazole rings is 1. The summed E-state index contributed by atoms with van der Waals surface area (Å²) in [6.45, 7) is 6.04. The second-order valence-corrected chi connectivity index (χ2v) is 5.20. The molecule has 3 N–H and O–H groups in total. The lowest BCUT2D eigenvalue weighted by molar-refractivity contribution is 0.856. The molecular weight excluding hydrogens is 234 g/mol. The monoisotopic (exact) mass is 249 g/mol. The molecule has 0 aliphatic heterocycles. The number of nitrogens with one attached hydrogen (secondary N) is 1. The summed E-state index contributed by atoms with van der Waals surface area (Å²) in [4.78, 5) is 13.7. The summed E-state index contributed by atoms with van der Waals surface area (Å²) in [6, 6.07) is 0.113. The Balaban J connectivity index is 2.18. The van der Waals surface area contributed by atoms with E-state index in [1.54, 1.807) is 17.5 Å². The van der Waals surface area contributed by atoms with E-state index in [1.165, 1.54) is 4.88 Å². The minimum atomic E-state index is 0.113. The van der Waals surface area contributed by atoms with Crippen LogP contribution in [0, 0.1) is 13.8 Å². The van der Waals surface area contributed by atoms with Crippen LogP contribution in [0.4, 0.5) is 11.8 Å². The van der Waals surface area contributed by atoms with Crippen molar-refractivity contribution in [3.63, 3.8) is 0 Å². The number of hydrogen-bond donors (Lipinski definition) is 2. The minimum Gasteiger partial charge on any atom is -0.368 e. The number of nitrogens with zero attached hydrogens (tertiary/aromatic N) is 3. The highest BCUT2D eigenvalue weighted by Crippen LogP contribution is 2.23. The summed E-state index contributed by atoms with van der Waals surface area (Å²) >= 11 is 1.68. The Bertz CT molecular complexity index is 522. The molecule has 2 aromatic rings. The first-order valence-corrected chi connectivity index (χ1v) is 6.16. The molecule has 2 rings (SSSR count). The Labute approximate surface area is 104 Å². The molecule has 0 spiro atoms. The van der Waals surface area contributed by atoms with Crippen LogP contribution >= 0.6 is 11.3 Å². The molecule has 0 bridgehead atoms. The highest BCUT2D eigenvalue weighted by molar-refractivity contribution is 7.11. The van der Waals surface area contributed by atoms with Gasteiger partial charge in [0.05, 0.1) is 6.04 Å². The highest BCUT2D eigenvalue weighted by atomic mass is 32.1. The standard InChI is InChI=1S/C11H15N5S/c1-6-4-14-11(12)16-9(6)15-8(3)10-13-5-7(2)17-10/h4-5,8H,1-3H3,(H3,12,14,15,16). The Morgan fingerprint density at radius 3 is 2.71 bits per heavy atom. The smallest absolute Gasteiger partial charge is 0.221 e. The van der Waals surface area contributed by atoms with Crippen molar-refractivity contribution < 1.29 is 0 Å². The van der Waals surface area contributed by atoms with Crippen LogP contribution < -0.4 is 11.1 Å². The van der Waals surface area contributed by atoms with Crippen molar-refractivity contribution in [2.24, 2.45) is 0 Å². The Morgan fingerprint density at radius 2 is 2.06 bits per heavy atom. The van der Waals surface area contributed by atoms with Gasteiger partial charge in [-0.1, -0.05) is 0 Å². The average molecular weight is 249 g/mol. The first kappa shape index (κ1) is 11.8. The van der Waals surface area contributed by atoms with Crippen LogP contribution in [0.2, 0.25) is 0 Å². The maximum absolute atomic E-state index is 5.57. The summed E-state index contributed by atoms with van der Waals surface area (Å²) in [6.07, 6.45) is 3.59. The molecular formula is C11H15N5S. The zero-order valence-corrected chi connectivity index (χ0v) is 10.9. The SMILES string of the molecule is Cc1cnc(C(C)Nc2nc(N)ncc2C)s1. The number of nitrogen functional groups attached to an aromatic ring is 1. The molecule has 0 saturated heterocycles. The molecule has 5 nitrogen and oxygen atoms in total. The van der Waals surface area contributed by atoms with Gasteiger partial charge in [0, 0.05) is 22.8 Å². The van der Waals surface area contributed by atoms with Crippen LogP contribution in [0.1, 0.15) is 28.4 Å². The molecule has 0 aliphatic rings. The molecule has 17 heavy (non-hydrogen) atoms. The van der Waals surface area contributed by atoms with E-state index in [9.17, 15) is 0 Å². The second kappa shape index (κ2) is 4.67. The summed E-state index contributed by atoms with van der Waals surface area (Å²) in [5, 5.41) is 4.34. The van der Waals surface area contributed by atoms with Crippen LogP contribution in [-0.4, -0.2) is 15.0 Å². The van der Waals surface area contributed by atoms with Crippen molar-refractivity contribution >= 4 is 23.1 Å². The number of rotatable bonds is 3. The van der Waals surface area contributed by atoms with Crippen LogP contribution in [0.3, 0.4) is 0 Å². The zero-order chi connectivity index (χ0) is 12.4. The van der Waals surface area contributed by atoms with Gasteiger partial charge in [-0.2, -0.15) is 4.98 Å². The van der Waals surface area contributed by atoms with Crippen molar-refractivity contribution in [3.8, 4) is 0 Å². The van der Waals surface area contributed by atoms with Crippen LogP contribution in [0.15, 0.2) is 12.4 Å². The molecule has 0 aromatic carbocycles. The first-order valence-electron chi connectivity index (χ1n) is 5.34. The summed E-state index contributed by atoms with van der Waals surface area (Å²) in [7, 11) is 0. The van der Waals surface area contributed by atoms with Gasteiger partial charge in [-0.15, -0.1) is 11.3 Å². The lowest BCUT2D eigenvalue weighted by Gasteiger charge is -2.13. The number of anilines is 2. The number of hydrogen-bond acceptors (Lipinski definition) is 6. The number of aromatic nitrogens is 3. The lowest BCUT2D eigenvalue weighted by Crippen LogP contribution is -2.10. The van der Waals surface area contributed by atoms with Gasteiger partial charge in [0.25, 0.3) is 0 Å². The second-order valence-electron chi connectivity index (χ2n) is 3.93. The molecule has 0 saturated carbocycles. The first-order chi connectivity index (χ1) is 8.06. The van der Waals surface area contributed by atoms with Gasteiger partial charge in [0.15, 0.2) is 0 Å². The van der Waals surface area contributed by atoms with E-state index in [0.29, 0.717) is 0 Å². The fraction of sp³-hybridized carbons (Fsp3) is 0.364. The molecule has 0 fully saturated rings. The van der Waals surface area contributed by atoms with E-state index >= 15 is 0 Å². The number of nitrogens with two attached hydrogens (primary N) is 1. The highest BCUT2D eigenvalue weighted by Gasteiger charge is 2.11. The molecule has 6 heteroatoms. The van der Waals surface area contributed by atoms with E-state index in [1.807, 2.05) is 20.0 Å². The van der Waals surface area contributed by atoms with E-state index in [4.69, 9.17) is 5.73 Å². The van der Waals surface area contributed by atoms with Crippen molar-refractivity contribution in [1.29, 1.82) is 0 Å². The number of aryl methyl sites for hydroxylation is 2. The van der Waals surface area contributed by atoms with Gasteiger partial charge in [0.1, 0.15) is 10.8 Å². The molecule has 2 aromatic heterocycles. The van der Waals surface area contributed by atoms with Gasteiger partial charge in [-0.05, 0) is 20.8 Å². The van der Waals surface area contributed by atoms with Crippen LogP contribution in [0.25, 0.3) is 0 Å². The van der Waals surface area contributed by atoms with Gasteiger partial charge in [0.2, 0.25) is 5.95 Å². The molecule has 0 radical (unpaired) electrons. The topological polar surface area (TPSA) is 76.7 Å². The summed E-state index contributed by atoms with van der Waals surface area (Å²) in [5.41, 5.74) is 6.54. The Hall–Kier alpha value is -1.69. The quantitative estimate of drug-likeness (QED) is 0.872. The van der Waals surface area contributed by atoms with Crippen molar-refractivity contribution in [3.05, 3.63) is 27.8 Å². The molecule has 1 unspecified atom stereocenters. The van der Waals surface area contributed by atoms with Crippen LogP contribution in [-0.2, 0) is 0 Å². The van der Waals surface area contributed by atoms with E-state index in [-0.39, 0.29) is 12.0 Å². The Kier molecular flexibility index (Phi) is 3.23. The van der Waals surface area contributed by atoms with Gasteiger partial charge in [-0.3, -0.25) is 0 Å². The van der Waals surface area contributed by atoms with Gasteiger partial charge >= 0.3 is 0 Å². The summed E-state index contributed by atoms with van der Waals surface area (Å²) < 4.78 is 0. The lowest BCUT2D eigenvalue weighted by atomic mass is 10.3. The van der Waals surface area contributed by atoms with E-state index < -0.39 is 0 Å². The maximum atomic E-state index is 5.57. The third-order valence-corrected chi connectivity index (χ3v) is 3.45. The average Bonchev–Trinajstić information content (AvgIpc) is 2.70. The third kappa shape index (κ3) is 2.71. The fourth-order valence-corrected chi connectivity index (χ4v) is 2.22. The maximum Gasteiger partial charge on any atom is 0.221 e. The van der Waals surface area contributed by atoms with Crippen molar-refractivity contribution in [1.82, 2.24) is 15.0 Å². The summed E-state index contributed by atoms with van der Waals surface area (Å²) in [5.74, 6) is 1.04. The normalized spacial score (nSPS) is 12.4. The predicted molar refractivity (Wildman–Crippen MR) is 70.1 cm³/mol. The van der Waals surface area contributed by atoms with E-state index in [0.717, 1.165) is 16.4 Å². The van der Waals surface area contributed by atoms with E-state index in [2.05, 4.69) is 27.2 Å². The predicted octanol–water partition coefficient (Wildman–Crippen LogP) is 2.31. The minimum absolute atomic E-state index is 0.113. The Morgan fingerprint density at radius 1 is 1.29 bits per heavy atom. The fourth-order valence-electron chi connectivity index (χ4n) is 1.44. The molecule has 90 valence electrons. The largest absolute Gasteiger partial charge is 0.368 e. The zero-order valence-electron chi connectivity index (χ0n) is 10.1. The van der Waals surface area contributed by atoms with Crippen molar-refractivity contribution in [2.45, 2.75) is 26.8 Å². The molecule has 0 aliphatic carbocycles. The molecule has 1 atom stereocenters. The molecule has 0 amide bonds.